The summed E-state index contributed by atoms with van der Waals surface area (Å²) >= 11 is 6.12. The Labute approximate surface area is 198 Å². The van der Waals surface area contributed by atoms with Crippen LogP contribution in [0.2, 0.25) is 5.02 Å². The van der Waals surface area contributed by atoms with Gasteiger partial charge < -0.3 is 5.32 Å². The Morgan fingerprint density at radius 3 is 2.55 bits per heavy atom. The zero-order chi connectivity index (χ0) is 23.2. The third kappa shape index (κ3) is 5.74. The summed E-state index contributed by atoms with van der Waals surface area (Å²) in [5.41, 5.74) is 0.866. The van der Waals surface area contributed by atoms with E-state index in [1.54, 1.807) is 28.8 Å². The van der Waals surface area contributed by atoms with E-state index in [0.29, 0.717) is 47.8 Å². The number of rotatable bonds is 8. The van der Waals surface area contributed by atoms with Gasteiger partial charge in [0.25, 0.3) is 5.56 Å². The topological polar surface area (TPSA) is 73.1 Å². The third-order valence-corrected chi connectivity index (χ3v) is 6.60. The van der Waals surface area contributed by atoms with E-state index in [4.69, 9.17) is 11.6 Å². The summed E-state index contributed by atoms with van der Waals surface area (Å²) < 4.78 is 2.92. The fourth-order valence-corrected chi connectivity index (χ4v) is 4.85. The second kappa shape index (κ2) is 10.8. The molecule has 1 aliphatic carbocycles. The largest absolute Gasteiger partial charge is 0.353 e. The maximum absolute atomic E-state index is 13.3. The van der Waals surface area contributed by atoms with Crippen molar-refractivity contribution in [3.05, 3.63) is 80.0 Å². The summed E-state index contributed by atoms with van der Waals surface area (Å²) in [6, 6.07) is 14.8. The molecule has 4 rings (SSSR count). The predicted octanol–water partition coefficient (Wildman–Crippen LogP) is 4.48. The van der Waals surface area contributed by atoms with E-state index in [2.05, 4.69) is 5.32 Å². The van der Waals surface area contributed by atoms with E-state index in [1.807, 2.05) is 24.3 Å². The minimum atomic E-state index is -0.342. The van der Waals surface area contributed by atoms with E-state index < -0.39 is 0 Å². The Kier molecular flexibility index (Phi) is 7.65. The zero-order valence-corrected chi connectivity index (χ0v) is 19.5. The molecule has 2 aromatic carbocycles. The molecule has 1 aliphatic rings. The van der Waals surface area contributed by atoms with Gasteiger partial charge in [0, 0.05) is 24.0 Å². The molecule has 1 saturated carbocycles. The number of carbonyl (C=O) groups is 1. The van der Waals surface area contributed by atoms with Crippen LogP contribution in [0.3, 0.4) is 0 Å². The Balaban J connectivity index is 1.48. The predicted molar refractivity (Wildman–Crippen MR) is 132 cm³/mol. The zero-order valence-electron chi connectivity index (χ0n) is 18.8. The molecule has 7 heteroatoms. The number of para-hydroxylation sites is 1. The fraction of sp³-hybridized carbons (Fsp3) is 0.423. The van der Waals surface area contributed by atoms with Crippen LogP contribution < -0.4 is 16.6 Å². The normalized spacial score (nSPS) is 14.5. The van der Waals surface area contributed by atoms with Crippen LogP contribution >= 0.6 is 11.6 Å². The standard InChI is InChI=1S/C26H30ClN3O3/c27-20-10-8-9-19(17-20)18-30-23-14-5-4-13-22(23)25(32)29(26(30)33)16-7-6-15-24(31)28-21-11-2-1-3-12-21/h4-5,8-10,13-14,17,21H,1-3,6-7,11-12,15-16,18H2,(H,28,31). The molecule has 0 aliphatic heterocycles. The van der Waals surface area contributed by atoms with Crippen molar-refractivity contribution in [3.63, 3.8) is 0 Å². The van der Waals surface area contributed by atoms with Crippen molar-refractivity contribution >= 4 is 28.4 Å². The van der Waals surface area contributed by atoms with Gasteiger partial charge in [-0.25, -0.2) is 4.79 Å². The van der Waals surface area contributed by atoms with Gasteiger partial charge in [0.05, 0.1) is 17.4 Å². The number of benzene rings is 2. The van der Waals surface area contributed by atoms with E-state index in [1.165, 1.54) is 23.8 Å². The lowest BCUT2D eigenvalue weighted by molar-refractivity contribution is -0.122. The number of aromatic nitrogens is 2. The molecule has 6 nitrogen and oxygen atoms in total. The lowest BCUT2D eigenvalue weighted by Gasteiger charge is -2.22. The minimum Gasteiger partial charge on any atom is -0.353 e. The molecule has 0 spiro atoms. The molecular formula is C26H30ClN3O3. The van der Waals surface area contributed by atoms with Gasteiger partial charge in [-0.2, -0.15) is 0 Å². The highest BCUT2D eigenvalue weighted by Gasteiger charge is 2.16. The highest BCUT2D eigenvalue weighted by molar-refractivity contribution is 6.30. The number of halogens is 1. The summed E-state index contributed by atoms with van der Waals surface area (Å²) in [4.78, 5) is 38.6. The van der Waals surface area contributed by atoms with Gasteiger partial charge in [0.15, 0.2) is 0 Å². The third-order valence-electron chi connectivity index (χ3n) is 6.37. The highest BCUT2D eigenvalue weighted by Crippen LogP contribution is 2.18. The van der Waals surface area contributed by atoms with Gasteiger partial charge in [-0.15, -0.1) is 0 Å². The average Bonchev–Trinajstić information content (AvgIpc) is 2.82. The van der Waals surface area contributed by atoms with Gasteiger partial charge in [0.1, 0.15) is 0 Å². The van der Waals surface area contributed by atoms with Gasteiger partial charge in [-0.05, 0) is 55.5 Å². The van der Waals surface area contributed by atoms with Crippen LogP contribution in [0.5, 0.6) is 0 Å². The fourth-order valence-electron chi connectivity index (χ4n) is 4.64. The molecule has 0 unspecified atom stereocenters. The molecule has 0 bridgehead atoms. The molecule has 1 N–H and O–H groups in total. The molecule has 0 radical (unpaired) electrons. The Hall–Kier alpha value is -2.86. The number of amides is 1. The van der Waals surface area contributed by atoms with Crippen LogP contribution in [0.15, 0.2) is 58.1 Å². The number of carbonyl (C=O) groups excluding carboxylic acids is 1. The maximum atomic E-state index is 13.3. The Bertz CT molecular complexity index is 1240. The van der Waals surface area contributed by atoms with Crippen LogP contribution in [0.1, 0.15) is 56.9 Å². The van der Waals surface area contributed by atoms with E-state index in [0.717, 1.165) is 18.4 Å². The van der Waals surface area contributed by atoms with Gasteiger partial charge in [-0.3, -0.25) is 18.7 Å². The number of hydrogen-bond acceptors (Lipinski definition) is 3. The smallest absolute Gasteiger partial charge is 0.331 e. The molecule has 33 heavy (non-hydrogen) atoms. The minimum absolute atomic E-state index is 0.0612. The first kappa shape index (κ1) is 23.3. The monoisotopic (exact) mass is 467 g/mol. The maximum Gasteiger partial charge on any atom is 0.331 e. The van der Waals surface area contributed by atoms with Crippen LogP contribution in [-0.2, 0) is 17.9 Å². The van der Waals surface area contributed by atoms with Crippen molar-refractivity contribution in [1.29, 1.82) is 0 Å². The lowest BCUT2D eigenvalue weighted by atomic mass is 9.95. The highest BCUT2D eigenvalue weighted by atomic mass is 35.5. The molecule has 174 valence electrons. The van der Waals surface area contributed by atoms with Crippen molar-refractivity contribution in [2.75, 3.05) is 0 Å². The second-order valence-corrected chi connectivity index (χ2v) is 9.27. The van der Waals surface area contributed by atoms with Gasteiger partial charge >= 0.3 is 5.69 Å². The number of hydrogen-bond donors (Lipinski definition) is 1. The van der Waals surface area contributed by atoms with Crippen LogP contribution in [0.4, 0.5) is 0 Å². The second-order valence-electron chi connectivity index (χ2n) is 8.83. The molecule has 1 amide bonds. The van der Waals surface area contributed by atoms with Crippen molar-refractivity contribution in [1.82, 2.24) is 14.5 Å². The first-order valence-corrected chi connectivity index (χ1v) is 12.2. The molecule has 0 atom stereocenters. The summed E-state index contributed by atoms with van der Waals surface area (Å²) in [6.07, 6.45) is 7.36. The Morgan fingerprint density at radius 2 is 1.76 bits per heavy atom. The molecule has 1 aromatic heterocycles. The number of fused-ring (bicyclic) bond motifs is 1. The number of nitrogens with one attached hydrogen (secondary N) is 1. The van der Waals surface area contributed by atoms with Crippen molar-refractivity contribution in [2.24, 2.45) is 0 Å². The summed E-state index contributed by atoms with van der Waals surface area (Å²) in [5, 5.41) is 4.23. The molecule has 1 heterocycles. The van der Waals surface area contributed by atoms with Gasteiger partial charge in [0.2, 0.25) is 5.91 Å². The number of nitrogens with zero attached hydrogens (tertiary/aromatic N) is 2. The van der Waals surface area contributed by atoms with Crippen LogP contribution in [0, 0.1) is 0 Å². The Morgan fingerprint density at radius 1 is 0.970 bits per heavy atom. The van der Waals surface area contributed by atoms with E-state index in [-0.39, 0.29) is 23.7 Å². The van der Waals surface area contributed by atoms with E-state index in [9.17, 15) is 14.4 Å². The van der Waals surface area contributed by atoms with Crippen molar-refractivity contribution in [2.45, 2.75) is 70.5 Å². The molecular weight excluding hydrogens is 438 g/mol. The quantitative estimate of drug-likeness (QED) is 0.496. The van der Waals surface area contributed by atoms with Crippen molar-refractivity contribution in [3.8, 4) is 0 Å². The van der Waals surface area contributed by atoms with Crippen molar-refractivity contribution < 1.29 is 4.79 Å². The van der Waals surface area contributed by atoms with Gasteiger partial charge in [-0.1, -0.05) is 55.1 Å². The summed E-state index contributed by atoms with van der Waals surface area (Å²) in [7, 11) is 0. The summed E-state index contributed by atoms with van der Waals surface area (Å²) in [6.45, 7) is 0.610. The van der Waals surface area contributed by atoms with E-state index >= 15 is 0 Å². The first-order valence-electron chi connectivity index (χ1n) is 11.8. The first-order chi connectivity index (χ1) is 16.0. The van der Waals surface area contributed by atoms with Crippen LogP contribution in [-0.4, -0.2) is 21.1 Å². The molecule has 1 fully saturated rings. The SMILES string of the molecule is O=C(CCCCn1c(=O)c2ccccc2n(Cc2cccc(Cl)c2)c1=O)NC1CCCCC1. The van der Waals surface area contributed by atoms with Crippen LogP contribution in [0.25, 0.3) is 10.9 Å². The molecule has 0 saturated heterocycles. The number of unbranched alkanes of at least 4 members (excludes halogenated alkanes) is 1. The summed E-state index contributed by atoms with van der Waals surface area (Å²) in [5.74, 6) is 0.0612. The average molecular weight is 468 g/mol. The molecule has 3 aromatic rings. The lowest BCUT2D eigenvalue weighted by Crippen LogP contribution is -2.40.